The third-order valence-electron chi connectivity index (χ3n) is 5.46. The molecule has 0 bridgehead atoms. The van der Waals surface area contributed by atoms with Crippen molar-refractivity contribution in [2.45, 2.75) is 51.1 Å². The largest absolute Gasteiger partial charge is 0.434 e. The number of fused-ring (bicyclic) bond motifs is 1. The van der Waals surface area contributed by atoms with E-state index in [2.05, 4.69) is 4.98 Å². The van der Waals surface area contributed by atoms with Crippen LogP contribution in [0.2, 0.25) is 0 Å². The number of nitro groups is 1. The Morgan fingerprint density at radius 2 is 2.08 bits per heavy atom. The fourth-order valence-corrected chi connectivity index (χ4v) is 4.09. The molecule has 1 aliphatic carbocycles. The second-order valence-corrected chi connectivity index (χ2v) is 6.95. The van der Waals surface area contributed by atoms with E-state index >= 15 is 0 Å². The number of hydrogen-bond acceptors (Lipinski definition) is 5. The molecular weight excluding hydrogens is 346 g/mol. The fourth-order valence-electron chi connectivity index (χ4n) is 4.09. The first kappa shape index (κ1) is 19.7. The number of halogens is 1. The van der Waals surface area contributed by atoms with Crippen LogP contribution < -0.4 is 5.73 Å². The van der Waals surface area contributed by atoms with Crippen LogP contribution in [0.4, 0.5) is 5.95 Å². The van der Waals surface area contributed by atoms with E-state index in [4.69, 9.17) is 5.73 Å². The molecule has 3 rings (SSSR count). The Labute approximate surface area is 153 Å². The minimum absolute atomic E-state index is 0. The van der Waals surface area contributed by atoms with E-state index in [0.717, 1.165) is 25.4 Å². The van der Waals surface area contributed by atoms with Crippen molar-refractivity contribution in [1.82, 2.24) is 14.5 Å². The Morgan fingerprint density at radius 1 is 1.36 bits per heavy atom. The van der Waals surface area contributed by atoms with Crippen molar-refractivity contribution in [2.24, 2.45) is 17.6 Å². The molecule has 1 amide bonds. The molecule has 25 heavy (non-hydrogen) atoms. The van der Waals surface area contributed by atoms with Crippen molar-refractivity contribution in [1.29, 1.82) is 0 Å². The maximum atomic E-state index is 12.6. The summed E-state index contributed by atoms with van der Waals surface area (Å²) in [6, 6.07) is -0.618. The van der Waals surface area contributed by atoms with Crippen molar-refractivity contribution in [3.63, 3.8) is 0 Å². The van der Waals surface area contributed by atoms with Gasteiger partial charge in [-0.3, -0.25) is 4.79 Å². The van der Waals surface area contributed by atoms with Gasteiger partial charge in [-0.1, -0.05) is 24.2 Å². The summed E-state index contributed by atoms with van der Waals surface area (Å²) in [4.78, 5) is 28.5. The summed E-state index contributed by atoms with van der Waals surface area (Å²) < 4.78 is 1.43. The Bertz CT molecular complexity index is 608. The van der Waals surface area contributed by atoms with E-state index in [0.29, 0.717) is 18.9 Å². The van der Waals surface area contributed by atoms with E-state index < -0.39 is 11.0 Å². The molecular formula is C16H26ClN5O3. The first-order valence-electron chi connectivity index (χ1n) is 8.76. The minimum Gasteiger partial charge on any atom is -0.390 e. The molecule has 3 atom stereocenters. The monoisotopic (exact) mass is 371 g/mol. The van der Waals surface area contributed by atoms with Crippen LogP contribution in [0.3, 0.4) is 0 Å². The minimum atomic E-state index is -0.618. The average Bonchev–Trinajstić information content (AvgIpc) is 3.07. The second-order valence-electron chi connectivity index (χ2n) is 6.95. The van der Waals surface area contributed by atoms with Gasteiger partial charge in [-0.25, -0.2) is 4.57 Å². The van der Waals surface area contributed by atoms with Crippen LogP contribution in [0.15, 0.2) is 12.4 Å². The number of amides is 1. The Balaban J connectivity index is 0.00000225. The highest BCUT2D eigenvalue weighted by Crippen LogP contribution is 2.36. The third kappa shape index (κ3) is 4.49. The lowest BCUT2D eigenvalue weighted by Crippen LogP contribution is -2.50. The van der Waals surface area contributed by atoms with Crippen molar-refractivity contribution in [3.05, 3.63) is 22.5 Å². The zero-order chi connectivity index (χ0) is 17.1. The van der Waals surface area contributed by atoms with Gasteiger partial charge in [0.15, 0.2) is 0 Å². The normalized spacial score (nSPS) is 24.1. The number of rotatable bonds is 5. The smallest absolute Gasteiger partial charge is 0.390 e. The molecule has 0 aromatic carbocycles. The lowest BCUT2D eigenvalue weighted by Gasteiger charge is -2.42. The van der Waals surface area contributed by atoms with Gasteiger partial charge in [0.25, 0.3) is 0 Å². The van der Waals surface area contributed by atoms with Gasteiger partial charge in [0, 0.05) is 19.5 Å². The topological polar surface area (TPSA) is 107 Å². The van der Waals surface area contributed by atoms with Crippen LogP contribution in [0.5, 0.6) is 0 Å². The van der Waals surface area contributed by atoms with Gasteiger partial charge in [-0.2, -0.15) is 0 Å². The van der Waals surface area contributed by atoms with Gasteiger partial charge < -0.3 is 20.7 Å². The molecule has 1 aliphatic heterocycles. The number of nitrogens with zero attached hydrogens (tertiary/aromatic N) is 4. The van der Waals surface area contributed by atoms with E-state index in [1.807, 2.05) is 4.90 Å². The number of likely N-dealkylation sites (tertiary alicyclic amines) is 1. The fraction of sp³-hybridized carbons (Fsp3) is 0.750. The molecule has 2 heterocycles. The predicted octanol–water partition coefficient (Wildman–Crippen LogP) is 1.97. The summed E-state index contributed by atoms with van der Waals surface area (Å²) in [5.41, 5.74) is 6.06. The number of hydrogen-bond donors (Lipinski definition) is 1. The number of nitrogens with two attached hydrogens (primary N) is 1. The van der Waals surface area contributed by atoms with E-state index in [-0.39, 0.29) is 24.3 Å². The zero-order valence-corrected chi connectivity index (χ0v) is 15.1. The predicted molar refractivity (Wildman–Crippen MR) is 95.4 cm³/mol. The highest BCUT2D eigenvalue weighted by Gasteiger charge is 2.34. The summed E-state index contributed by atoms with van der Waals surface area (Å²) in [5.74, 6) is 1.16. The first-order chi connectivity index (χ1) is 11.6. The summed E-state index contributed by atoms with van der Waals surface area (Å²) in [6.45, 7) is 1.93. The number of aryl methyl sites for hydroxylation is 1. The zero-order valence-electron chi connectivity index (χ0n) is 14.2. The van der Waals surface area contributed by atoms with Crippen molar-refractivity contribution < 1.29 is 9.72 Å². The molecule has 2 fully saturated rings. The summed E-state index contributed by atoms with van der Waals surface area (Å²) in [6.07, 6.45) is 9.48. The molecule has 1 aromatic rings. The number of piperidine rings is 1. The average molecular weight is 372 g/mol. The molecule has 0 radical (unpaired) electrons. The number of aromatic nitrogens is 2. The molecule has 140 valence electrons. The van der Waals surface area contributed by atoms with Gasteiger partial charge in [-0.15, -0.1) is 12.4 Å². The van der Waals surface area contributed by atoms with Crippen LogP contribution in [-0.4, -0.2) is 44.4 Å². The standard InChI is InChI=1S/C16H25N5O3.ClH/c17-14(6-9-19-10-7-18-16(19)21(23)24)15(22)20-8-5-12-3-1-2-4-13(12)11-20;/h7,10,12-14H,1-6,8-9,11,17H2;1H/t12-,13-,14?;/m1./s1. The molecule has 1 aromatic heterocycles. The number of carbonyl (C=O) groups is 1. The van der Waals surface area contributed by atoms with Crippen LogP contribution in [0.1, 0.15) is 38.5 Å². The number of carbonyl (C=O) groups excluding carboxylic acids is 1. The third-order valence-corrected chi connectivity index (χ3v) is 5.46. The van der Waals surface area contributed by atoms with Gasteiger partial charge in [-0.05, 0) is 29.6 Å². The molecule has 2 aliphatic rings. The Morgan fingerprint density at radius 3 is 2.80 bits per heavy atom. The molecule has 2 N–H and O–H groups in total. The van der Waals surface area contributed by atoms with Gasteiger partial charge in [0.2, 0.25) is 5.91 Å². The van der Waals surface area contributed by atoms with Gasteiger partial charge >= 0.3 is 5.95 Å². The molecule has 9 heteroatoms. The van der Waals surface area contributed by atoms with E-state index in [1.165, 1.54) is 36.4 Å². The van der Waals surface area contributed by atoms with Crippen LogP contribution in [-0.2, 0) is 11.3 Å². The Kier molecular flexibility index (Phi) is 6.78. The van der Waals surface area contributed by atoms with Gasteiger partial charge in [0.1, 0.15) is 12.4 Å². The lowest BCUT2D eigenvalue weighted by atomic mass is 9.75. The molecule has 1 saturated heterocycles. The highest BCUT2D eigenvalue weighted by molar-refractivity contribution is 5.85. The Hall–Kier alpha value is -1.67. The summed E-state index contributed by atoms with van der Waals surface area (Å²) in [7, 11) is 0. The SMILES string of the molecule is Cl.NC(CCn1ccnc1[N+](=O)[O-])C(=O)N1CC[C@H]2CCCC[C@@H]2C1. The van der Waals surface area contributed by atoms with Crippen LogP contribution in [0, 0.1) is 22.0 Å². The highest BCUT2D eigenvalue weighted by atomic mass is 35.5. The molecule has 0 spiro atoms. The summed E-state index contributed by atoms with van der Waals surface area (Å²) in [5, 5.41) is 10.9. The van der Waals surface area contributed by atoms with Crippen LogP contribution >= 0.6 is 12.4 Å². The van der Waals surface area contributed by atoms with Crippen LogP contribution in [0.25, 0.3) is 0 Å². The maximum absolute atomic E-state index is 12.6. The molecule has 8 nitrogen and oxygen atoms in total. The summed E-state index contributed by atoms with van der Waals surface area (Å²) >= 11 is 0. The lowest BCUT2D eigenvalue weighted by molar-refractivity contribution is -0.396. The molecule has 1 saturated carbocycles. The van der Waals surface area contributed by atoms with Crippen molar-refractivity contribution in [3.8, 4) is 0 Å². The maximum Gasteiger partial charge on any atom is 0.434 e. The van der Waals surface area contributed by atoms with E-state index in [1.54, 1.807) is 6.20 Å². The van der Waals surface area contributed by atoms with Crippen molar-refractivity contribution >= 4 is 24.3 Å². The first-order valence-corrected chi connectivity index (χ1v) is 8.76. The molecule has 1 unspecified atom stereocenters. The van der Waals surface area contributed by atoms with Gasteiger partial charge in [0.05, 0.1) is 12.6 Å². The van der Waals surface area contributed by atoms with Crippen molar-refractivity contribution in [2.75, 3.05) is 13.1 Å². The second kappa shape index (κ2) is 8.62. The number of imidazole rings is 1. The quantitative estimate of drug-likeness (QED) is 0.628. The van der Waals surface area contributed by atoms with E-state index in [9.17, 15) is 14.9 Å².